The van der Waals surface area contributed by atoms with Crippen molar-refractivity contribution in [1.82, 2.24) is 15.5 Å². The van der Waals surface area contributed by atoms with Gasteiger partial charge in [0, 0.05) is 37.9 Å². The first-order valence-electron chi connectivity index (χ1n) is 9.75. The Morgan fingerprint density at radius 3 is 2.42 bits per heavy atom. The number of amides is 3. The van der Waals surface area contributed by atoms with Gasteiger partial charge in [0.2, 0.25) is 5.91 Å². The minimum atomic E-state index is -0.347. The van der Waals surface area contributed by atoms with Crippen molar-refractivity contribution in [1.29, 1.82) is 0 Å². The number of rotatable bonds is 4. The number of nitrogens with zero attached hydrogens (tertiary/aromatic N) is 2. The summed E-state index contributed by atoms with van der Waals surface area (Å²) >= 11 is 0. The van der Waals surface area contributed by atoms with Crippen LogP contribution in [0.25, 0.3) is 0 Å². The second kappa shape index (κ2) is 9.03. The summed E-state index contributed by atoms with van der Waals surface area (Å²) in [5.41, 5.74) is 2.54. The van der Waals surface area contributed by atoms with Crippen molar-refractivity contribution in [2.75, 3.05) is 37.6 Å². The summed E-state index contributed by atoms with van der Waals surface area (Å²) in [6.07, 6.45) is 5.59. The fraction of sp³-hybridized carbons (Fsp3) is 0.600. The van der Waals surface area contributed by atoms with Crippen molar-refractivity contribution >= 4 is 17.6 Å². The predicted octanol–water partition coefficient (Wildman–Crippen LogP) is 2.28. The fourth-order valence-corrected chi connectivity index (χ4v) is 3.90. The third-order valence-corrected chi connectivity index (χ3v) is 5.39. The van der Waals surface area contributed by atoms with Crippen LogP contribution in [0.4, 0.5) is 10.5 Å². The lowest BCUT2D eigenvalue weighted by Crippen LogP contribution is -2.52. The van der Waals surface area contributed by atoms with Crippen molar-refractivity contribution in [3.05, 3.63) is 29.8 Å². The molecule has 1 saturated heterocycles. The van der Waals surface area contributed by atoms with Gasteiger partial charge in [-0.1, -0.05) is 37.5 Å². The molecule has 0 unspecified atom stereocenters. The number of imide groups is 1. The third-order valence-electron chi connectivity index (χ3n) is 5.39. The molecule has 6 heteroatoms. The molecule has 26 heavy (non-hydrogen) atoms. The van der Waals surface area contributed by atoms with E-state index >= 15 is 0 Å². The quantitative estimate of drug-likeness (QED) is 0.867. The highest BCUT2D eigenvalue weighted by molar-refractivity contribution is 5.95. The number of urea groups is 1. The molecule has 1 aliphatic carbocycles. The number of nitrogens with one attached hydrogen (secondary N) is 2. The van der Waals surface area contributed by atoms with Gasteiger partial charge in [-0.25, -0.2) is 4.79 Å². The number of para-hydroxylation sites is 1. The highest BCUT2D eigenvalue weighted by atomic mass is 16.2. The zero-order valence-corrected chi connectivity index (χ0v) is 15.7. The van der Waals surface area contributed by atoms with Crippen LogP contribution in [0.3, 0.4) is 0 Å². The molecular formula is C20H30N4O2. The molecule has 0 spiro atoms. The van der Waals surface area contributed by atoms with Gasteiger partial charge in [-0.15, -0.1) is 0 Å². The average molecular weight is 358 g/mol. The number of carbonyl (C=O) groups excluding carboxylic acids is 2. The number of hydrogen-bond donors (Lipinski definition) is 2. The largest absolute Gasteiger partial charge is 0.369 e. The molecule has 1 saturated carbocycles. The summed E-state index contributed by atoms with van der Waals surface area (Å²) in [4.78, 5) is 28.6. The molecule has 0 aromatic heterocycles. The molecule has 1 aromatic carbocycles. The topological polar surface area (TPSA) is 64.7 Å². The highest BCUT2D eigenvalue weighted by Crippen LogP contribution is 2.20. The van der Waals surface area contributed by atoms with E-state index < -0.39 is 0 Å². The Bertz CT molecular complexity index is 620. The Hall–Kier alpha value is -2.08. The molecule has 142 valence electrons. The summed E-state index contributed by atoms with van der Waals surface area (Å²) in [5, 5.41) is 5.41. The van der Waals surface area contributed by atoms with Crippen LogP contribution in [0.5, 0.6) is 0 Å². The molecule has 0 radical (unpaired) electrons. The van der Waals surface area contributed by atoms with E-state index in [1.54, 1.807) is 0 Å². The summed E-state index contributed by atoms with van der Waals surface area (Å²) in [5.74, 6) is -0.220. The maximum Gasteiger partial charge on any atom is 0.321 e. The standard InChI is InChI=1S/C20H30N4O2/c1-16-7-5-6-10-18(16)24-13-11-23(12-14-24)15-19(25)22-20(26)21-17-8-3-2-4-9-17/h5-7,10,17H,2-4,8-9,11-15H2,1H3,(H2,21,22,25,26). The van der Waals surface area contributed by atoms with Gasteiger partial charge in [-0.2, -0.15) is 0 Å². The Balaban J connectivity index is 1.39. The van der Waals surface area contributed by atoms with Gasteiger partial charge in [-0.05, 0) is 31.4 Å². The fourth-order valence-electron chi connectivity index (χ4n) is 3.90. The van der Waals surface area contributed by atoms with E-state index in [-0.39, 0.29) is 24.5 Å². The van der Waals surface area contributed by atoms with Gasteiger partial charge in [0.25, 0.3) is 0 Å². The maximum atomic E-state index is 12.1. The van der Waals surface area contributed by atoms with Crippen molar-refractivity contribution < 1.29 is 9.59 Å². The summed E-state index contributed by atoms with van der Waals surface area (Å²) < 4.78 is 0. The van der Waals surface area contributed by atoms with Crippen LogP contribution < -0.4 is 15.5 Å². The molecule has 1 heterocycles. The van der Waals surface area contributed by atoms with Gasteiger partial charge in [-0.3, -0.25) is 15.0 Å². The van der Waals surface area contributed by atoms with Crippen LogP contribution in [0.15, 0.2) is 24.3 Å². The van der Waals surface area contributed by atoms with E-state index in [2.05, 4.69) is 51.6 Å². The number of benzene rings is 1. The number of hydrogen-bond acceptors (Lipinski definition) is 4. The van der Waals surface area contributed by atoms with Crippen LogP contribution in [0, 0.1) is 6.92 Å². The van der Waals surface area contributed by atoms with Gasteiger partial charge in [0.1, 0.15) is 0 Å². The van der Waals surface area contributed by atoms with E-state index in [1.165, 1.54) is 17.7 Å². The minimum absolute atomic E-state index is 0.217. The van der Waals surface area contributed by atoms with Gasteiger partial charge in [0.15, 0.2) is 0 Å². The van der Waals surface area contributed by atoms with Crippen LogP contribution in [0.2, 0.25) is 0 Å². The monoisotopic (exact) mass is 358 g/mol. The van der Waals surface area contributed by atoms with E-state index in [0.29, 0.717) is 0 Å². The van der Waals surface area contributed by atoms with E-state index in [1.807, 2.05) is 0 Å². The highest BCUT2D eigenvalue weighted by Gasteiger charge is 2.21. The predicted molar refractivity (Wildman–Crippen MR) is 103 cm³/mol. The number of aryl methyl sites for hydroxylation is 1. The Morgan fingerprint density at radius 2 is 1.73 bits per heavy atom. The second-order valence-corrected chi connectivity index (χ2v) is 7.41. The lowest BCUT2D eigenvalue weighted by atomic mass is 9.96. The normalized spacial score (nSPS) is 19.2. The molecule has 2 N–H and O–H groups in total. The summed E-state index contributed by atoms with van der Waals surface area (Å²) in [6.45, 7) is 5.84. The van der Waals surface area contributed by atoms with Crippen LogP contribution >= 0.6 is 0 Å². The number of carbonyl (C=O) groups is 2. The van der Waals surface area contributed by atoms with Gasteiger partial charge in [0.05, 0.1) is 6.54 Å². The van der Waals surface area contributed by atoms with Crippen molar-refractivity contribution in [2.24, 2.45) is 0 Å². The van der Waals surface area contributed by atoms with Crippen LogP contribution in [-0.4, -0.2) is 55.6 Å². The first-order valence-corrected chi connectivity index (χ1v) is 9.75. The zero-order chi connectivity index (χ0) is 18.4. The van der Waals surface area contributed by atoms with E-state index in [9.17, 15) is 9.59 Å². The van der Waals surface area contributed by atoms with Crippen molar-refractivity contribution in [3.8, 4) is 0 Å². The minimum Gasteiger partial charge on any atom is -0.369 e. The van der Waals surface area contributed by atoms with Crippen LogP contribution in [-0.2, 0) is 4.79 Å². The lowest BCUT2D eigenvalue weighted by Gasteiger charge is -2.36. The molecule has 6 nitrogen and oxygen atoms in total. The van der Waals surface area contributed by atoms with E-state index in [4.69, 9.17) is 0 Å². The second-order valence-electron chi connectivity index (χ2n) is 7.41. The Morgan fingerprint density at radius 1 is 1.04 bits per heavy atom. The lowest BCUT2D eigenvalue weighted by molar-refractivity contribution is -0.121. The molecule has 1 aromatic rings. The van der Waals surface area contributed by atoms with Gasteiger partial charge < -0.3 is 10.2 Å². The Kier molecular flexibility index (Phi) is 6.50. The smallest absolute Gasteiger partial charge is 0.321 e. The number of anilines is 1. The van der Waals surface area contributed by atoms with Crippen LogP contribution in [0.1, 0.15) is 37.7 Å². The van der Waals surface area contributed by atoms with Crippen molar-refractivity contribution in [3.63, 3.8) is 0 Å². The molecule has 0 atom stereocenters. The van der Waals surface area contributed by atoms with Gasteiger partial charge >= 0.3 is 6.03 Å². The summed E-state index contributed by atoms with van der Waals surface area (Å²) in [7, 11) is 0. The zero-order valence-electron chi connectivity index (χ0n) is 15.7. The van der Waals surface area contributed by atoms with E-state index in [0.717, 1.165) is 51.9 Å². The third kappa shape index (κ3) is 5.21. The first kappa shape index (κ1) is 18.7. The SMILES string of the molecule is Cc1ccccc1N1CCN(CC(=O)NC(=O)NC2CCCCC2)CC1. The summed E-state index contributed by atoms with van der Waals surface area (Å²) in [6, 6.07) is 8.26. The molecular weight excluding hydrogens is 328 g/mol. The Labute approximate surface area is 155 Å². The average Bonchev–Trinajstić information content (AvgIpc) is 2.63. The molecule has 2 fully saturated rings. The molecule has 2 aliphatic rings. The maximum absolute atomic E-state index is 12.1. The molecule has 0 bridgehead atoms. The first-order chi connectivity index (χ1) is 12.6. The molecule has 1 aliphatic heterocycles. The molecule has 3 amide bonds. The molecule has 3 rings (SSSR count). The van der Waals surface area contributed by atoms with Crippen molar-refractivity contribution in [2.45, 2.75) is 45.1 Å². The number of piperazine rings is 1.